The first-order valence-electron chi connectivity index (χ1n) is 25.8. The smallest absolute Gasteiger partial charge is 0.138 e. The van der Waals surface area contributed by atoms with Gasteiger partial charge in [-0.3, -0.25) is 4.57 Å². The van der Waals surface area contributed by atoms with Gasteiger partial charge in [0.1, 0.15) is 24.0 Å². The highest BCUT2D eigenvalue weighted by atomic mass is 16.5. The number of benzene rings is 6. The quantitative estimate of drug-likeness (QED) is 0.166. The third-order valence-corrected chi connectivity index (χ3v) is 14.6. The number of ether oxygens (including phenoxy) is 1. The molecule has 3 heterocycles. The molecule has 2 aromatic heterocycles. The van der Waals surface area contributed by atoms with Crippen LogP contribution in [0.3, 0.4) is 0 Å². The molecule has 0 saturated heterocycles. The maximum absolute atomic E-state index is 6.92. The van der Waals surface area contributed by atoms with E-state index in [-0.39, 0.29) is 32.5 Å². The minimum Gasteiger partial charge on any atom is -0.457 e. The molecule has 6 aromatic carbocycles. The molecule has 0 unspecified atom stereocenters. The molecule has 5 nitrogen and oxygen atoms in total. The fourth-order valence-electron chi connectivity index (χ4n) is 10.2. The number of pyridine rings is 1. The van der Waals surface area contributed by atoms with E-state index >= 15 is 0 Å². The van der Waals surface area contributed by atoms with Crippen molar-refractivity contribution in [3.8, 4) is 28.4 Å². The van der Waals surface area contributed by atoms with E-state index in [2.05, 4.69) is 266 Å². The molecule has 368 valence electrons. The molecule has 0 aliphatic carbocycles. The van der Waals surface area contributed by atoms with Crippen molar-refractivity contribution in [1.82, 2.24) is 9.55 Å². The largest absolute Gasteiger partial charge is 0.457 e. The van der Waals surface area contributed by atoms with Crippen LogP contribution in [0, 0.1) is 0 Å². The maximum Gasteiger partial charge on any atom is 0.138 e. The first-order valence-corrected chi connectivity index (χ1v) is 25.8. The maximum atomic E-state index is 6.92. The van der Waals surface area contributed by atoms with Crippen LogP contribution in [0.15, 0.2) is 134 Å². The number of nitrogens with zero attached hydrogens (tertiary/aromatic N) is 4. The molecule has 1 aliphatic rings. The molecule has 0 atom stereocenters. The highest BCUT2D eigenvalue weighted by Gasteiger charge is 2.33. The van der Waals surface area contributed by atoms with Gasteiger partial charge in [0.2, 0.25) is 0 Å². The summed E-state index contributed by atoms with van der Waals surface area (Å²) in [6.45, 7) is 42.4. The second kappa shape index (κ2) is 17.2. The molecule has 0 radical (unpaired) electrons. The lowest BCUT2D eigenvalue weighted by molar-refractivity contribution is 0.483. The summed E-state index contributed by atoms with van der Waals surface area (Å²) >= 11 is 0. The van der Waals surface area contributed by atoms with E-state index in [4.69, 9.17) is 9.72 Å². The van der Waals surface area contributed by atoms with Crippen LogP contribution in [0.1, 0.15) is 158 Å². The standard InChI is InChI=1S/C66H78N4O/c1-61(2,3)43-26-29-55-52(36-43)51-28-27-50(40-58(51)70(55)59-32-42(30-31-67-59)60-53(65(13,14)15)37-46(64(10,11)12)38-54(60)66(16,17)18)71-49-23-21-22-47(39-49)68-41-69(57-25-20-19-24-56(57)68)48-34-44(62(4,5)6)33-45(35-48)63(7,8)9/h19-40H,41H2,1-18H3. The van der Waals surface area contributed by atoms with Crippen molar-refractivity contribution >= 4 is 44.6 Å². The van der Waals surface area contributed by atoms with Gasteiger partial charge in [-0.05, 0) is 150 Å². The Morgan fingerprint density at radius 2 is 0.958 bits per heavy atom. The van der Waals surface area contributed by atoms with Gasteiger partial charge in [0.25, 0.3) is 0 Å². The third kappa shape index (κ3) is 9.62. The SMILES string of the molecule is CC(C)(C)c1cc(N2CN(c3cccc(Oc4ccc5c6cc(C(C)(C)C)ccc6n(-c6cc(-c7c(C(C)(C)C)cc(C(C)(C)C)cc7C(C)(C)C)ccn6)c5c4)c3)c3ccccc32)cc(C(C)(C)C)c1. The van der Waals surface area contributed by atoms with Crippen LogP contribution in [0.4, 0.5) is 22.7 Å². The first kappa shape index (κ1) is 49.6. The lowest BCUT2D eigenvalue weighted by Gasteiger charge is -2.34. The summed E-state index contributed by atoms with van der Waals surface area (Å²) in [4.78, 5) is 10.0. The monoisotopic (exact) mass is 943 g/mol. The molecule has 5 heteroatoms. The van der Waals surface area contributed by atoms with Gasteiger partial charge >= 0.3 is 0 Å². The average Bonchev–Trinajstić information content (AvgIpc) is 3.83. The zero-order chi connectivity index (χ0) is 51.4. The molecule has 0 bridgehead atoms. The van der Waals surface area contributed by atoms with Crippen molar-refractivity contribution in [2.75, 3.05) is 16.5 Å². The minimum atomic E-state index is -0.0917. The summed E-state index contributed by atoms with van der Waals surface area (Å²) < 4.78 is 9.27. The normalized spacial score (nSPS) is 13.9. The summed E-state index contributed by atoms with van der Waals surface area (Å²) in [7, 11) is 0. The number of hydrogen-bond donors (Lipinski definition) is 0. The van der Waals surface area contributed by atoms with E-state index in [1.54, 1.807) is 0 Å². The Hall–Kier alpha value is -6.33. The van der Waals surface area contributed by atoms with Crippen molar-refractivity contribution in [2.24, 2.45) is 0 Å². The van der Waals surface area contributed by atoms with Crippen molar-refractivity contribution in [2.45, 2.75) is 157 Å². The van der Waals surface area contributed by atoms with E-state index in [0.29, 0.717) is 6.67 Å². The van der Waals surface area contributed by atoms with Crippen LogP contribution in [-0.4, -0.2) is 16.2 Å². The predicted octanol–water partition coefficient (Wildman–Crippen LogP) is 18.7. The zero-order valence-electron chi connectivity index (χ0n) is 46.1. The molecule has 8 aromatic rings. The van der Waals surface area contributed by atoms with Crippen LogP contribution in [-0.2, 0) is 32.5 Å². The van der Waals surface area contributed by atoms with Crippen LogP contribution >= 0.6 is 0 Å². The molecule has 0 fully saturated rings. The highest BCUT2D eigenvalue weighted by Crippen LogP contribution is 2.48. The lowest BCUT2D eigenvalue weighted by atomic mass is 9.71. The Labute approximate surface area is 425 Å². The number of hydrogen-bond acceptors (Lipinski definition) is 4. The van der Waals surface area contributed by atoms with Gasteiger partial charge in [0.15, 0.2) is 0 Å². The Morgan fingerprint density at radius 3 is 1.52 bits per heavy atom. The van der Waals surface area contributed by atoms with E-state index in [1.807, 2.05) is 6.20 Å². The van der Waals surface area contributed by atoms with Gasteiger partial charge in [-0.1, -0.05) is 167 Å². The van der Waals surface area contributed by atoms with Crippen LogP contribution in [0.5, 0.6) is 11.5 Å². The fourth-order valence-corrected chi connectivity index (χ4v) is 10.2. The van der Waals surface area contributed by atoms with Crippen molar-refractivity contribution in [3.05, 3.63) is 167 Å². The van der Waals surface area contributed by atoms with Gasteiger partial charge in [-0.2, -0.15) is 0 Å². The molecule has 0 saturated carbocycles. The summed E-state index contributed by atoms with van der Waals surface area (Å²) in [6, 6.07) is 47.4. The zero-order valence-corrected chi connectivity index (χ0v) is 46.1. The van der Waals surface area contributed by atoms with Gasteiger partial charge in [0.05, 0.1) is 22.4 Å². The highest BCUT2D eigenvalue weighted by molar-refractivity contribution is 6.10. The Bertz CT molecular complexity index is 3260. The van der Waals surface area contributed by atoms with Crippen LogP contribution < -0.4 is 14.5 Å². The van der Waals surface area contributed by atoms with Gasteiger partial charge < -0.3 is 14.5 Å². The molecule has 71 heavy (non-hydrogen) atoms. The molecule has 1 aliphatic heterocycles. The topological polar surface area (TPSA) is 33.5 Å². The second-order valence-electron chi connectivity index (χ2n) is 26.4. The third-order valence-electron chi connectivity index (χ3n) is 14.6. The number of fused-ring (bicyclic) bond motifs is 4. The van der Waals surface area contributed by atoms with Gasteiger partial charge in [-0.15, -0.1) is 0 Å². The molecular formula is C66H78N4O. The Kier molecular flexibility index (Phi) is 12.0. The Morgan fingerprint density at radius 1 is 0.408 bits per heavy atom. The van der Waals surface area contributed by atoms with Crippen molar-refractivity contribution in [1.29, 1.82) is 0 Å². The second-order valence-corrected chi connectivity index (χ2v) is 26.4. The summed E-state index contributed by atoms with van der Waals surface area (Å²) in [5.41, 5.74) is 17.2. The van der Waals surface area contributed by atoms with E-state index in [0.717, 1.165) is 34.0 Å². The molecule has 0 spiro atoms. The van der Waals surface area contributed by atoms with Gasteiger partial charge in [0, 0.05) is 40.5 Å². The van der Waals surface area contributed by atoms with E-state index in [9.17, 15) is 0 Å². The Balaban J connectivity index is 1.14. The number of rotatable bonds is 6. The lowest BCUT2D eigenvalue weighted by Crippen LogP contribution is -2.25. The van der Waals surface area contributed by atoms with Crippen LogP contribution in [0.25, 0.3) is 38.8 Å². The molecule has 0 N–H and O–H groups in total. The first-order chi connectivity index (χ1) is 33.0. The number of aromatic nitrogens is 2. The predicted molar refractivity (Wildman–Crippen MR) is 305 cm³/mol. The molecular weight excluding hydrogens is 865 g/mol. The van der Waals surface area contributed by atoms with Crippen molar-refractivity contribution in [3.63, 3.8) is 0 Å². The fraction of sp³-hybridized carbons (Fsp3) is 0.379. The van der Waals surface area contributed by atoms with E-state index in [1.165, 1.54) is 72.3 Å². The molecule has 9 rings (SSSR count). The van der Waals surface area contributed by atoms with E-state index < -0.39 is 0 Å². The summed E-state index contributed by atoms with van der Waals surface area (Å²) in [5, 5.41) is 2.37. The van der Waals surface area contributed by atoms with Crippen LogP contribution in [0.2, 0.25) is 0 Å². The average molecular weight is 943 g/mol. The van der Waals surface area contributed by atoms with Gasteiger partial charge in [-0.25, -0.2) is 4.98 Å². The summed E-state index contributed by atoms with van der Waals surface area (Å²) in [6.07, 6.45) is 2.00. The molecule has 0 amide bonds. The summed E-state index contributed by atoms with van der Waals surface area (Å²) in [5.74, 6) is 2.43. The van der Waals surface area contributed by atoms with Crippen molar-refractivity contribution < 1.29 is 4.74 Å². The number of para-hydroxylation sites is 2. The minimum absolute atomic E-state index is 0.00853. The number of anilines is 4.